The van der Waals surface area contributed by atoms with Gasteiger partial charge in [0, 0.05) is 64.7 Å². The molecule has 0 radical (unpaired) electrons. The average molecular weight is 772 g/mol. The van der Waals surface area contributed by atoms with Gasteiger partial charge in [-0.1, -0.05) is 59.9 Å². The van der Waals surface area contributed by atoms with E-state index < -0.39 is 207 Å². The average Bonchev–Trinajstić information content (AvgIpc) is 3.31. The molecule has 6 nitrogen and oxygen atoms in total. The predicted octanol–water partition coefficient (Wildman–Crippen LogP) is 8.71. The van der Waals surface area contributed by atoms with Gasteiger partial charge in [-0.15, -0.1) is 11.8 Å². The second-order valence-corrected chi connectivity index (χ2v) is 12.3. The summed E-state index contributed by atoms with van der Waals surface area (Å²) in [6, 6.07) is -20.2. The first kappa shape index (κ1) is 19.2. The van der Waals surface area contributed by atoms with E-state index >= 15 is 9.18 Å². The van der Waals surface area contributed by atoms with Gasteiger partial charge in [-0.2, -0.15) is 13.2 Å². The van der Waals surface area contributed by atoms with Gasteiger partial charge in [0.05, 0.1) is 50.1 Å². The van der Waals surface area contributed by atoms with Crippen molar-refractivity contribution in [3.05, 3.63) is 135 Å². The van der Waals surface area contributed by atoms with Gasteiger partial charge >= 0.3 is 6.18 Å². The molecule has 1 amide bonds. The van der Waals surface area contributed by atoms with Crippen molar-refractivity contribution in [1.29, 1.82) is 0 Å². The van der Waals surface area contributed by atoms with E-state index in [9.17, 15) is 25.1 Å². The number of likely N-dealkylation sites (tertiary alicyclic amines) is 1. The first-order valence-electron chi connectivity index (χ1n) is 26.6. The SMILES string of the molecule is [2H]c1c([2H])c(F)c(F)c(C([2H])([2H])Sc2c([2H])c(=O)c3c([2H])c(C)c([2H])c([2H])c3n2C([2H])([2H])C(=O)N(Cc2c([2H])c([2H])c(-c3c([2H])c([2H])c(C(F)(F)F)c([2H])c3[2H])c([2H])c2[2H])C2CCN(CCOC([2H])([2H])[2H])CC2)c1[2H]. The molecule has 0 atom stereocenters. The Bertz CT molecular complexity index is 3170. The van der Waals surface area contributed by atoms with Crippen LogP contribution in [0.3, 0.4) is 0 Å². The molecule has 1 aromatic heterocycles. The van der Waals surface area contributed by atoms with Gasteiger partial charge in [0.1, 0.15) is 6.50 Å². The molecule has 278 valence electrons. The summed E-state index contributed by atoms with van der Waals surface area (Å²) < 4.78 is 264. The van der Waals surface area contributed by atoms with Crippen molar-refractivity contribution in [3.63, 3.8) is 0 Å². The number of rotatable bonds is 12. The second kappa shape index (κ2) is 16.7. The number of halogens is 5. The third-order valence-corrected chi connectivity index (χ3v) is 8.74. The standard InChI is InChI=1S/C41H40F5N3O3S/c1-27-6-15-36-34(22-27)37(50)23-39(53-26-31-4-3-5-35(42)40(31)43)49(36)25-38(51)48(33-16-18-47(19-17-33)20-21-52-2)24-28-7-9-29(10-8-28)30-11-13-32(14-12-30)41(44,45)46/h3-15,22-23,33H,16-21,24-26H2,1-2H3/i2D3,3D,4D,5D,6D,7D,8D,9D,10D,11D,12D,13D,14D,15D,22D,23D,25D2,26D2. The third-order valence-electron chi connectivity index (χ3n) is 7.95. The van der Waals surface area contributed by atoms with Gasteiger partial charge in [-0.25, -0.2) is 8.78 Å². The van der Waals surface area contributed by atoms with Crippen LogP contribution in [0.15, 0.2) is 100 Å². The summed E-state index contributed by atoms with van der Waals surface area (Å²) in [7, 11) is -2.77. The molecule has 4 aromatic carbocycles. The van der Waals surface area contributed by atoms with E-state index in [2.05, 4.69) is 0 Å². The van der Waals surface area contributed by atoms with Crippen molar-refractivity contribution >= 4 is 28.6 Å². The lowest BCUT2D eigenvalue weighted by atomic mass is 10.00. The highest BCUT2D eigenvalue weighted by atomic mass is 32.2. The molecule has 1 aliphatic heterocycles. The summed E-state index contributed by atoms with van der Waals surface area (Å²) in [5.74, 6) is -6.08. The number of hydrogen-bond donors (Lipinski definition) is 0. The Hall–Kier alpha value is -4.52. The number of piperidine rings is 1. The Morgan fingerprint density at radius 2 is 1.70 bits per heavy atom. The van der Waals surface area contributed by atoms with Crippen molar-refractivity contribution in [2.45, 2.75) is 55.8 Å². The van der Waals surface area contributed by atoms with E-state index in [4.69, 9.17) is 32.2 Å². The van der Waals surface area contributed by atoms with Crippen LogP contribution in [-0.4, -0.2) is 59.6 Å². The maximum atomic E-state index is 15.6. The number of pyridine rings is 1. The highest BCUT2D eigenvalue weighted by Crippen LogP contribution is 2.32. The number of fused-ring (bicyclic) bond motifs is 1. The molecule has 1 fully saturated rings. The number of carbonyl (C=O) groups excluding carboxylic acids is 1. The number of aromatic nitrogens is 1. The monoisotopic (exact) mass is 771 g/mol. The fourth-order valence-electron chi connectivity index (χ4n) is 5.31. The summed E-state index contributed by atoms with van der Waals surface area (Å²) in [6.45, 7) is -4.29. The lowest BCUT2D eigenvalue weighted by Gasteiger charge is -2.39. The van der Waals surface area contributed by atoms with Gasteiger partial charge in [0.25, 0.3) is 0 Å². The van der Waals surface area contributed by atoms with Gasteiger partial charge < -0.3 is 19.1 Å². The molecule has 0 unspecified atom stereocenters. The minimum Gasteiger partial charge on any atom is -0.383 e. The number of alkyl halides is 3. The number of ether oxygens (including phenoxy) is 1. The summed E-state index contributed by atoms with van der Waals surface area (Å²) in [6.07, 6.45) is -5.75. The summed E-state index contributed by atoms with van der Waals surface area (Å²) >= 11 is -0.490. The van der Waals surface area contributed by atoms with Crippen molar-refractivity contribution in [1.82, 2.24) is 14.4 Å². The molecule has 0 saturated carbocycles. The maximum Gasteiger partial charge on any atom is 0.416 e. The molecule has 2 heterocycles. The first-order valence-corrected chi connectivity index (χ1v) is 16.4. The van der Waals surface area contributed by atoms with Crippen LogP contribution in [0.5, 0.6) is 0 Å². The van der Waals surface area contributed by atoms with Crippen LogP contribution in [-0.2, 0) is 34.5 Å². The van der Waals surface area contributed by atoms with Crippen LogP contribution in [0.4, 0.5) is 22.0 Å². The molecular formula is C41H40F5N3O3S. The number of carbonyl (C=O) groups is 1. The quantitative estimate of drug-likeness (QED) is 0.0939. The molecule has 53 heavy (non-hydrogen) atoms. The molecular weight excluding hydrogens is 710 g/mol. The van der Waals surface area contributed by atoms with Crippen LogP contribution in [0.2, 0.25) is 0 Å². The fraction of sp³-hybridized carbons (Fsp3) is 0.317. The van der Waals surface area contributed by atoms with E-state index in [1.807, 2.05) is 0 Å². The lowest BCUT2D eigenvalue weighted by Crippen LogP contribution is -2.48. The zero-order valence-corrected chi connectivity index (χ0v) is 28.2. The summed E-state index contributed by atoms with van der Waals surface area (Å²) in [5, 5.41) is -2.26. The normalized spacial score (nSPS) is 20.9. The number of amides is 1. The summed E-state index contributed by atoms with van der Waals surface area (Å²) in [4.78, 5) is 31.9. The molecule has 0 spiro atoms. The molecule has 0 bridgehead atoms. The molecule has 1 aliphatic rings. The van der Waals surface area contributed by atoms with E-state index in [0.717, 1.165) is 6.92 Å². The van der Waals surface area contributed by atoms with Gasteiger partial charge in [-0.3, -0.25) is 9.59 Å². The molecule has 0 aliphatic carbocycles. The van der Waals surface area contributed by atoms with Crippen molar-refractivity contribution in [2.75, 3.05) is 33.3 Å². The molecule has 0 N–H and O–H groups in total. The van der Waals surface area contributed by atoms with Crippen LogP contribution >= 0.6 is 11.8 Å². The van der Waals surface area contributed by atoms with Gasteiger partial charge in [-0.05, 0) is 66.7 Å². The Morgan fingerprint density at radius 1 is 1.00 bits per heavy atom. The smallest absolute Gasteiger partial charge is 0.383 e. The van der Waals surface area contributed by atoms with E-state index in [-0.39, 0.29) is 49.2 Å². The van der Waals surface area contributed by atoms with Gasteiger partial charge in [0.2, 0.25) is 5.91 Å². The third kappa shape index (κ3) is 9.17. The minimum atomic E-state index is -5.41. The summed E-state index contributed by atoms with van der Waals surface area (Å²) in [5.41, 5.74) is -13.0. The Balaban J connectivity index is 1.62. The number of nitrogens with zero attached hydrogens (tertiary/aromatic N) is 3. The van der Waals surface area contributed by atoms with Crippen LogP contribution < -0.4 is 5.43 Å². The van der Waals surface area contributed by atoms with Gasteiger partial charge in [0.15, 0.2) is 17.1 Å². The van der Waals surface area contributed by atoms with Crippen LogP contribution in [0.1, 0.15) is 65.3 Å². The van der Waals surface area contributed by atoms with Crippen LogP contribution in [0.25, 0.3) is 22.0 Å². The van der Waals surface area contributed by atoms with E-state index in [0.29, 0.717) is 4.90 Å². The number of benzene rings is 4. The first-order chi connectivity index (χ1) is 34.3. The number of hydrogen-bond acceptors (Lipinski definition) is 5. The maximum absolute atomic E-state index is 15.6. The van der Waals surface area contributed by atoms with Crippen molar-refractivity contribution in [2.24, 2.45) is 0 Å². The Labute approximate surface area is 340 Å². The fourth-order valence-corrected chi connectivity index (χ4v) is 6.02. The lowest BCUT2D eigenvalue weighted by molar-refractivity contribution is -0.137. The number of methoxy groups -OCH3 is 1. The zero-order chi connectivity index (χ0) is 56.8. The minimum absolute atomic E-state index is 0.00505. The topological polar surface area (TPSA) is 54.8 Å². The molecule has 1 saturated heterocycles. The Morgan fingerprint density at radius 3 is 2.38 bits per heavy atom. The zero-order valence-electron chi connectivity index (χ0n) is 49.4. The van der Waals surface area contributed by atoms with E-state index in [1.165, 1.54) is 0 Å². The second-order valence-electron chi connectivity index (χ2n) is 11.5. The van der Waals surface area contributed by atoms with E-state index in [1.54, 1.807) is 4.90 Å². The highest BCUT2D eigenvalue weighted by Gasteiger charge is 2.31. The van der Waals surface area contributed by atoms with Crippen LogP contribution in [0, 0.1) is 18.6 Å². The molecule has 6 rings (SSSR count). The predicted molar refractivity (Wildman–Crippen MR) is 198 cm³/mol. The Kier molecular flexibility index (Phi) is 6.03. The molecule has 12 heteroatoms. The highest BCUT2D eigenvalue weighted by molar-refractivity contribution is 7.98. The molecule has 5 aromatic rings. The van der Waals surface area contributed by atoms with Crippen molar-refractivity contribution < 1.29 is 61.6 Å². The largest absolute Gasteiger partial charge is 0.416 e. The van der Waals surface area contributed by atoms with Crippen molar-refractivity contribution in [3.8, 4) is 11.1 Å². The number of thioether (sulfide) groups is 1.